The third-order valence-corrected chi connectivity index (χ3v) is 5.02. The van der Waals surface area contributed by atoms with Crippen molar-refractivity contribution in [2.45, 2.75) is 0 Å². The van der Waals surface area contributed by atoms with Gasteiger partial charge in [0.15, 0.2) is 0 Å². The lowest BCUT2D eigenvalue weighted by Gasteiger charge is -2.07. The van der Waals surface area contributed by atoms with E-state index in [9.17, 15) is 23.2 Å². The van der Waals surface area contributed by atoms with Crippen LogP contribution < -0.4 is 16.6 Å². The third-order valence-electron chi connectivity index (χ3n) is 4.53. The van der Waals surface area contributed by atoms with E-state index >= 15 is 0 Å². The second kappa shape index (κ2) is 7.38. The number of aryl methyl sites for hydroxylation is 1. The molecule has 152 valence electrons. The average molecular weight is 475 g/mol. The Labute approximate surface area is 175 Å². The Morgan fingerprint density at radius 2 is 1.80 bits per heavy atom. The molecule has 0 saturated carbocycles. The monoisotopic (exact) mass is 474 g/mol. The summed E-state index contributed by atoms with van der Waals surface area (Å²) < 4.78 is 30.0. The van der Waals surface area contributed by atoms with E-state index in [-0.39, 0.29) is 28.0 Å². The van der Waals surface area contributed by atoms with E-state index < -0.39 is 28.8 Å². The van der Waals surface area contributed by atoms with E-state index in [1.54, 1.807) is 6.07 Å². The Morgan fingerprint density at radius 3 is 2.47 bits per heavy atom. The number of nitrogens with zero attached hydrogens (tertiary/aromatic N) is 2. The molecule has 2 heterocycles. The smallest absolute Gasteiger partial charge is 0.333 e. The van der Waals surface area contributed by atoms with Crippen LogP contribution in [0.2, 0.25) is 0 Å². The van der Waals surface area contributed by atoms with Crippen LogP contribution in [-0.4, -0.2) is 20.0 Å². The Hall–Kier alpha value is -3.53. The van der Waals surface area contributed by atoms with E-state index in [0.29, 0.717) is 4.47 Å². The topological polar surface area (TPSA) is 88.9 Å². The van der Waals surface area contributed by atoms with Crippen LogP contribution in [0, 0.1) is 11.6 Å². The number of nitrogens with one attached hydrogen (secondary N) is 2. The Balaban J connectivity index is 1.83. The van der Waals surface area contributed by atoms with Crippen molar-refractivity contribution < 1.29 is 13.6 Å². The minimum absolute atomic E-state index is 0.00438. The van der Waals surface area contributed by atoms with Gasteiger partial charge in [0.25, 0.3) is 11.5 Å². The van der Waals surface area contributed by atoms with Crippen molar-refractivity contribution in [1.82, 2.24) is 14.1 Å². The minimum Gasteiger partial charge on any atom is -0.344 e. The zero-order valence-electron chi connectivity index (χ0n) is 15.4. The normalized spacial score (nSPS) is 11.1. The number of anilines is 1. The molecular weight excluding hydrogens is 462 g/mol. The predicted octanol–water partition coefficient (Wildman–Crippen LogP) is 3.31. The number of fused-ring (bicyclic) bond motifs is 1. The molecule has 2 aromatic heterocycles. The van der Waals surface area contributed by atoms with Gasteiger partial charge in [-0.05, 0) is 42.5 Å². The molecule has 0 bridgehead atoms. The van der Waals surface area contributed by atoms with Crippen molar-refractivity contribution in [3.05, 3.63) is 91.2 Å². The van der Waals surface area contributed by atoms with Gasteiger partial charge in [-0.1, -0.05) is 15.9 Å². The molecule has 0 aliphatic carbocycles. The zero-order valence-corrected chi connectivity index (χ0v) is 17.0. The lowest BCUT2D eigenvalue weighted by atomic mass is 10.2. The summed E-state index contributed by atoms with van der Waals surface area (Å²) in [6.45, 7) is 0. The van der Waals surface area contributed by atoms with Crippen molar-refractivity contribution in [2.75, 3.05) is 5.32 Å². The van der Waals surface area contributed by atoms with Crippen LogP contribution in [0.1, 0.15) is 10.4 Å². The fourth-order valence-corrected chi connectivity index (χ4v) is 3.48. The fraction of sp³-hybridized carbons (Fsp3) is 0.0500. The Kier molecular flexibility index (Phi) is 4.86. The number of hydrogen-bond donors (Lipinski definition) is 2. The first-order valence-corrected chi connectivity index (χ1v) is 9.42. The van der Waals surface area contributed by atoms with Gasteiger partial charge in [0.1, 0.15) is 17.2 Å². The van der Waals surface area contributed by atoms with Crippen molar-refractivity contribution in [3.63, 3.8) is 0 Å². The average Bonchev–Trinajstić information content (AvgIpc) is 3.02. The molecule has 0 aliphatic heterocycles. The molecule has 0 spiro atoms. The molecule has 0 aliphatic rings. The largest absolute Gasteiger partial charge is 0.344 e. The van der Waals surface area contributed by atoms with Gasteiger partial charge in [0, 0.05) is 17.7 Å². The molecule has 2 N–H and O–H groups in total. The number of rotatable bonds is 3. The van der Waals surface area contributed by atoms with Gasteiger partial charge in [-0.25, -0.2) is 18.1 Å². The van der Waals surface area contributed by atoms with Crippen LogP contribution in [0.5, 0.6) is 0 Å². The van der Waals surface area contributed by atoms with Crippen molar-refractivity contribution in [2.24, 2.45) is 7.05 Å². The molecule has 0 unspecified atom stereocenters. The summed E-state index contributed by atoms with van der Waals surface area (Å²) in [5.74, 6) is -1.86. The van der Waals surface area contributed by atoms with Crippen molar-refractivity contribution >= 4 is 38.6 Å². The third kappa shape index (κ3) is 3.35. The van der Waals surface area contributed by atoms with E-state index in [0.717, 1.165) is 16.7 Å². The zero-order chi connectivity index (χ0) is 21.6. The Bertz CT molecular complexity index is 1420. The number of benzene rings is 2. The highest BCUT2D eigenvalue weighted by atomic mass is 79.9. The molecule has 0 saturated heterocycles. The summed E-state index contributed by atoms with van der Waals surface area (Å²) in [6, 6.07) is 8.99. The van der Waals surface area contributed by atoms with Crippen LogP contribution >= 0.6 is 15.9 Å². The van der Waals surface area contributed by atoms with Crippen LogP contribution in [0.4, 0.5) is 14.5 Å². The summed E-state index contributed by atoms with van der Waals surface area (Å²) in [5, 5.41) is 2.43. The summed E-state index contributed by atoms with van der Waals surface area (Å²) in [7, 11) is 1.54. The van der Waals surface area contributed by atoms with Gasteiger partial charge in [-0.2, -0.15) is 0 Å². The molecule has 30 heavy (non-hydrogen) atoms. The SMILES string of the molecule is Cn1cc(C(=O)Nc2ccc(Br)cc2F)c2[nH]c(=O)n(-c3ccc(F)cc3)c(=O)c21. The Morgan fingerprint density at radius 1 is 1.10 bits per heavy atom. The quantitative estimate of drug-likeness (QED) is 0.477. The number of hydrogen-bond acceptors (Lipinski definition) is 3. The maximum absolute atomic E-state index is 14.1. The van der Waals surface area contributed by atoms with Gasteiger partial charge in [0.05, 0.1) is 22.5 Å². The van der Waals surface area contributed by atoms with Crippen LogP contribution in [-0.2, 0) is 7.05 Å². The maximum atomic E-state index is 14.1. The molecule has 10 heteroatoms. The molecular formula is C20H13BrF2N4O3. The number of aromatic amines is 1. The molecule has 0 atom stereocenters. The minimum atomic E-state index is -0.797. The molecule has 0 fully saturated rings. The second-order valence-corrected chi connectivity index (χ2v) is 7.42. The number of H-pyrrole nitrogens is 1. The lowest BCUT2D eigenvalue weighted by molar-refractivity contribution is 0.102. The van der Waals surface area contributed by atoms with Crippen LogP contribution in [0.25, 0.3) is 16.7 Å². The number of amides is 1. The summed E-state index contributed by atoms with van der Waals surface area (Å²) in [4.78, 5) is 40.8. The highest BCUT2D eigenvalue weighted by Gasteiger charge is 2.21. The van der Waals surface area contributed by atoms with E-state index in [1.807, 2.05) is 0 Å². The van der Waals surface area contributed by atoms with Gasteiger partial charge < -0.3 is 14.9 Å². The standard InChI is InChI=1S/C20H13BrF2N4O3/c1-26-9-13(18(28)24-15-7-2-10(21)8-14(15)23)16-17(26)19(29)27(20(30)25-16)12-5-3-11(22)4-6-12/h2-9H,1H3,(H,24,28)(H,25,30). The van der Waals surface area contributed by atoms with Gasteiger partial charge in [-0.15, -0.1) is 0 Å². The molecule has 2 aromatic carbocycles. The molecule has 0 radical (unpaired) electrons. The van der Waals surface area contributed by atoms with E-state index in [2.05, 4.69) is 26.2 Å². The maximum Gasteiger partial charge on any atom is 0.333 e. The number of carbonyl (C=O) groups excluding carboxylic acids is 1. The summed E-state index contributed by atoms with van der Waals surface area (Å²) in [5.41, 5.74) is -1.29. The summed E-state index contributed by atoms with van der Waals surface area (Å²) in [6.07, 6.45) is 1.36. The molecule has 4 rings (SSSR count). The number of halogens is 3. The summed E-state index contributed by atoms with van der Waals surface area (Å²) >= 11 is 3.14. The van der Waals surface area contributed by atoms with Gasteiger partial charge >= 0.3 is 5.69 Å². The molecule has 7 nitrogen and oxygen atoms in total. The number of aromatic nitrogens is 3. The first-order chi connectivity index (χ1) is 14.3. The molecule has 1 amide bonds. The van der Waals surface area contributed by atoms with Gasteiger partial charge in [-0.3, -0.25) is 9.59 Å². The highest BCUT2D eigenvalue weighted by Crippen LogP contribution is 2.22. The second-order valence-electron chi connectivity index (χ2n) is 6.50. The molecule has 4 aromatic rings. The van der Waals surface area contributed by atoms with Crippen molar-refractivity contribution in [1.29, 1.82) is 0 Å². The fourth-order valence-electron chi connectivity index (χ4n) is 3.15. The van der Waals surface area contributed by atoms with E-state index in [4.69, 9.17) is 0 Å². The van der Waals surface area contributed by atoms with E-state index in [1.165, 1.54) is 42.1 Å². The first-order valence-electron chi connectivity index (χ1n) is 8.63. The van der Waals surface area contributed by atoms with Gasteiger partial charge in [0.2, 0.25) is 0 Å². The highest BCUT2D eigenvalue weighted by molar-refractivity contribution is 9.10. The van der Waals surface area contributed by atoms with Crippen LogP contribution in [0.15, 0.2) is 62.7 Å². The predicted molar refractivity (Wildman–Crippen MR) is 111 cm³/mol. The first kappa shape index (κ1) is 19.8. The lowest BCUT2D eigenvalue weighted by Crippen LogP contribution is -2.34. The van der Waals surface area contributed by atoms with Crippen LogP contribution in [0.3, 0.4) is 0 Å². The van der Waals surface area contributed by atoms with Crippen molar-refractivity contribution in [3.8, 4) is 5.69 Å². The number of carbonyl (C=O) groups is 1.